The normalized spacial score (nSPS) is 19.2. The van der Waals surface area contributed by atoms with Crippen molar-refractivity contribution in [2.24, 2.45) is 11.7 Å². The van der Waals surface area contributed by atoms with Crippen LogP contribution >= 0.6 is 12.4 Å². The molecule has 3 rings (SSSR count). The number of nitrogens with two attached hydrogens (primary N) is 1. The highest BCUT2D eigenvalue weighted by Gasteiger charge is 2.36. The molecule has 2 amide bonds. The van der Waals surface area contributed by atoms with Gasteiger partial charge in [0.1, 0.15) is 11.8 Å². The van der Waals surface area contributed by atoms with Crippen LogP contribution in [0.15, 0.2) is 54.6 Å². The number of nitrogens with one attached hydrogen (secondary N) is 1. The Kier molecular flexibility index (Phi) is 8.05. The van der Waals surface area contributed by atoms with Gasteiger partial charge in [-0.3, -0.25) is 9.59 Å². The number of hydrogen-bond donors (Lipinski definition) is 2. The zero-order valence-electron chi connectivity index (χ0n) is 16.7. The first-order valence-electron chi connectivity index (χ1n) is 9.54. The number of hydrogen-bond acceptors (Lipinski definition) is 4. The van der Waals surface area contributed by atoms with Gasteiger partial charge in [-0.25, -0.2) is 0 Å². The van der Waals surface area contributed by atoms with E-state index in [-0.39, 0.29) is 30.3 Å². The van der Waals surface area contributed by atoms with E-state index in [0.717, 1.165) is 12.0 Å². The SMILES string of the molecule is COc1ccc(C(=O)NC(C(=O)N2CC(CN)CC2C)c2ccccc2)cc1.Cl. The number of rotatable bonds is 6. The van der Waals surface area contributed by atoms with Gasteiger partial charge < -0.3 is 20.7 Å². The van der Waals surface area contributed by atoms with Gasteiger partial charge >= 0.3 is 0 Å². The van der Waals surface area contributed by atoms with Crippen molar-refractivity contribution in [3.8, 4) is 5.75 Å². The molecule has 1 aliphatic heterocycles. The lowest BCUT2D eigenvalue weighted by molar-refractivity contribution is -0.134. The number of amides is 2. The molecule has 7 heteroatoms. The number of carbonyl (C=O) groups excluding carboxylic acids is 2. The van der Waals surface area contributed by atoms with E-state index < -0.39 is 6.04 Å². The summed E-state index contributed by atoms with van der Waals surface area (Å²) in [6.07, 6.45) is 0.885. The Balaban J connectivity index is 0.00000300. The fraction of sp³-hybridized carbons (Fsp3) is 0.364. The molecule has 0 bridgehead atoms. The molecule has 1 aliphatic rings. The lowest BCUT2D eigenvalue weighted by Crippen LogP contribution is -2.44. The van der Waals surface area contributed by atoms with Gasteiger partial charge in [-0.2, -0.15) is 0 Å². The topological polar surface area (TPSA) is 84.7 Å². The zero-order chi connectivity index (χ0) is 20.1. The minimum Gasteiger partial charge on any atom is -0.497 e. The Labute approximate surface area is 177 Å². The van der Waals surface area contributed by atoms with Gasteiger partial charge in [-0.1, -0.05) is 30.3 Å². The molecular weight excluding hydrogens is 390 g/mol. The van der Waals surface area contributed by atoms with Crippen LogP contribution in [0, 0.1) is 5.92 Å². The summed E-state index contributed by atoms with van der Waals surface area (Å²) < 4.78 is 5.13. The maximum absolute atomic E-state index is 13.3. The Hall–Kier alpha value is -2.57. The van der Waals surface area contributed by atoms with Crippen molar-refractivity contribution in [1.29, 1.82) is 0 Å². The summed E-state index contributed by atoms with van der Waals surface area (Å²) in [7, 11) is 1.57. The molecular formula is C22H28ClN3O3. The number of methoxy groups -OCH3 is 1. The van der Waals surface area contributed by atoms with Gasteiger partial charge in [0.2, 0.25) is 5.91 Å². The maximum Gasteiger partial charge on any atom is 0.252 e. The van der Waals surface area contributed by atoms with E-state index in [1.807, 2.05) is 42.2 Å². The Morgan fingerprint density at radius 2 is 1.83 bits per heavy atom. The molecule has 1 saturated heterocycles. The van der Waals surface area contributed by atoms with Crippen LogP contribution in [0.5, 0.6) is 5.75 Å². The fourth-order valence-corrected chi connectivity index (χ4v) is 3.68. The van der Waals surface area contributed by atoms with Crippen LogP contribution in [-0.4, -0.2) is 43.0 Å². The van der Waals surface area contributed by atoms with Crippen LogP contribution in [0.1, 0.15) is 35.3 Å². The summed E-state index contributed by atoms with van der Waals surface area (Å²) in [5.74, 6) is 0.571. The Bertz CT molecular complexity index is 814. The second kappa shape index (κ2) is 10.3. The Morgan fingerprint density at radius 1 is 1.17 bits per heavy atom. The average molecular weight is 418 g/mol. The molecule has 1 fully saturated rings. The molecule has 1 heterocycles. The van der Waals surface area contributed by atoms with E-state index in [2.05, 4.69) is 5.32 Å². The van der Waals surface area contributed by atoms with Gasteiger partial charge in [0.05, 0.1) is 7.11 Å². The van der Waals surface area contributed by atoms with Gasteiger partial charge in [0.15, 0.2) is 0 Å². The average Bonchev–Trinajstić information content (AvgIpc) is 3.13. The fourth-order valence-electron chi connectivity index (χ4n) is 3.68. The predicted octanol–water partition coefficient (Wildman–Crippen LogP) is 2.78. The van der Waals surface area contributed by atoms with E-state index >= 15 is 0 Å². The quantitative estimate of drug-likeness (QED) is 0.756. The largest absolute Gasteiger partial charge is 0.497 e. The smallest absolute Gasteiger partial charge is 0.252 e. The number of nitrogens with zero attached hydrogens (tertiary/aromatic N) is 1. The summed E-state index contributed by atoms with van der Waals surface area (Å²) in [4.78, 5) is 28.0. The van der Waals surface area contributed by atoms with Gasteiger partial charge in [0.25, 0.3) is 5.91 Å². The molecule has 3 N–H and O–H groups in total. The van der Waals surface area contributed by atoms with Gasteiger partial charge in [0, 0.05) is 18.2 Å². The molecule has 3 unspecified atom stereocenters. The van der Waals surface area contributed by atoms with Crippen molar-refractivity contribution >= 4 is 24.2 Å². The summed E-state index contributed by atoms with van der Waals surface area (Å²) >= 11 is 0. The van der Waals surface area contributed by atoms with Crippen LogP contribution in [0.2, 0.25) is 0 Å². The number of ether oxygens (including phenoxy) is 1. The van der Waals surface area contributed by atoms with E-state index in [1.165, 1.54) is 0 Å². The molecule has 0 aliphatic carbocycles. The van der Waals surface area contributed by atoms with Crippen molar-refractivity contribution in [3.05, 3.63) is 65.7 Å². The molecule has 0 aromatic heterocycles. The molecule has 29 heavy (non-hydrogen) atoms. The molecule has 0 spiro atoms. The molecule has 2 aromatic rings. The Morgan fingerprint density at radius 3 is 2.38 bits per heavy atom. The van der Waals surface area contributed by atoms with Crippen molar-refractivity contribution in [2.45, 2.75) is 25.4 Å². The van der Waals surface area contributed by atoms with Crippen molar-refractivity contribution in [1.82, 2.24) is 10.2 Å². The first kappa shape index (κ1) is 22.7. The van der Waals surface area contributed by atoms with Crippen molar-refractivity contribution in [2.75, 3.05) is 20.2 Å². The third-order valence-electron chi connectivity index (χ3n) is 5.29. The number of carbonyl (C=O) groups is 2. The number of benzene rings is 2. The van der Waals surface area contributed by atoms with Crippen LogP contribution in [0.3, 0.4) is 0 Å². The van der Waals surface area contributed by atoms with E-state index in [0.29, 0.717) is 30.3 Å². The second-order valence-corrected chi connectivity index (χ2v) is 7.22. The third-order valence-corrected chi connectivity index (χ3v) is 5.29. The monoisotopic (exact) mass is 417 g/mol. The van der Waals surface area contributed by atoms with Gasteiger partial charge in [-0.05, 0) is 55.6 Å². The molecule has 2 aromatic carbocycles. The first-order chi connectivity index (χ1) is 13.5. The highest BCUT2D eigenvalue weighted by molar-refractivity contribution is 5.98. The van der Waals surface area contributed by atoms with E-state index in [4.69, 9.17) is 10.5 Å². The highest BCUT2D eigenvalue weighted by Crippen LogP contribution is 2.27. The van der Waals surface area contributed by atoms with Crippen LogP contribution in [0.4, 0.5) is 0 Å². The van der Waals surface area contributed by atoms with E-state index in [9.17, 15) is 9.59 Å². The minimum absolute atomic E-state index is 0. The maximum atomic E-state index is 13.3. The molecule has 156 valence electrons. The number of halogens is 1. The minimum atomic E-state index is -0.741. The summed E-state index contributed by atoms with van der Waals surface area (Å²) in [5.41, 5.74) is 7.05. The lowest BCUT2D eigenvalue weighted by atomic mass is 10.0. The first-order valence-corrected chi connectivity index (χ1v) is 9.54. The summed E-state index contributed by atoms with van der Waals surface area (Å²) in [6, 6.07) is 15.5. The van der Waals surface area contributed by atoms with Crippen LogP contribution in [-0.2, 0) is 4.79 Å². The standard InChI is InChI=1S/C22H27N3O3.ClH/c1-15-12-16(13-23)14-25(15)22(27)20(17-6-4-3-5-7-17)24-21(26)18-8-10-19(28-2)11-9-18;/h3-11,15-16,20H,12-14,23H2,1-2H3,(H,24,26);1H. The predicted molar refractivity (Wildman–Crippen MR) is 115 cm³/mol. The van der Waals surface area contributed by atoms with Crippen molar-refractivity contribution in [3.63, 3.8) is 0 Å². The summed E-state index contributed by atoms with van der Waals surface area (Å²) in [6.45, 7) is 3.21. The lowest BCUT2D eigenvalue weighted by Gasteiger charge is -2.28. The molecule has 6 nitrogen and oxygen atoms in total. The van der Waals surface area contributed by atoms with Gasteiger partial charge in [-0.15, -0.1) is 12.4 Å². The summed E-state index contributed by atoms with van der Waals surface area (Å²) in [5, 5.41) is 2.91. The molecule has 0 radical (unpaired) electrons. The molecule has 3 atom stereocenters. The highest BCUT2D eigenvalue weighted by atomic mass is 35.5. The third kappa shape index (κ3) is 5.28. The zero-order valence-corrected chi connectivity index (χ0v) is 17.5. The van der Waals surface area contributed by atoms with Crippen LogP contribution < -0.4 is 15.8 Å². The molecule has 0 saturated carbocycles. The van der Waals surface area contributed by atoms with Crippen molar-refractivity contribution < 1.29 is 14.3 Å². The van der Waals surface area contributed by atoms with Crippen LogP contribution in [0.25, 0.3) is 0 Å². The number of likely N-dealkylation sites (tertiary alicyclic amines) is 1. The van der Waals surface area contributed by atoms with E-state index in [1.54, 1.807) is 31.4 Å². The second-order valence-electron chi connectivity index (χ2n) is 7.22.